The monoisotopic (exact) mass is 368 g/mol. The molecular weight excluding hydrogens is 348 g/mol. The Hall–Kier alpha value is -3.22. The number of benzene rings is 2. The second kappa shape index (κ2) is 7.57. The zero-order valence-electron chi connectivity index (χ0n) is 14.8. The van der Waals surface area contributed by atoms with Crippen molar-refractivity contribution in [2.45, 2.75) is 12.8 Å². The Morgan fingerprint density at radius 2 is 1.96 bits per heavy atom. The van der Waals surface area contributed by atoms with E-state index in [4.69, 9.17) is 14.2 Å². The van der Waals surface area contributed by atoms with Crippen LogP contribution in [0.1, 0.15) is 12.8 Å². The van der Waals surface area contributed by atoms with E-state index in [2.05, 4.69) is 5.32 Å². The Kier molecular flexibility index (Phi) is 4.82. The zero-order chi connectivity index (χ0) is 18.6. The zero-order valence-corrected chi connectivity index (χ0v) is 14.8. The molecule has 0 atom stereocenters. The van der Waals surface area contributed by atoms with Crippen LogP contribution in [0.4, 0.5) is 11.4 Å². The average molecular weight is 368 g/mol. The van der Waals surface area contributed by atoms with Gasteiger partial charge in [-0.05, 0) is 30.7 Å². The number of nitrogens with zero attached hydrogens (tertiary/aromatic N) is 1. The maximum absolute atomic E-state index is 12.2. The summed E-state index contributed by atoms with van der Waals surface area (Å²) in [5.74, 6) is 1.66. The van der Waals surface area contributed by atoms with Gasteiger partial charge in [-0.3, -0.25) is 9.59 Å². The molecule has 2 amide bonds. The average Bonchev–Trinajstić information content (AvgIpc) is 3.12. The number of ether oxygens (including phenoxy) is 3. The lowest BCUT2D eigenvalue weighted by atomic mass is 10.2. The molecule has 2 aromatic carbocycles. The van der Waals surface area contributed by atoms with Crippen molar-refractivity contribution in [1.29, 1.82) is 0 Å². The first-order valence-electron chi connectivity index (χ1n) is 8.92. The van der Waals surface area contributed by atoms with E-state index in [0.29, 0.717) is 49.1 Å². The summed E-state index contributed by atoms with van der Waals surface area (Å²) >= 11 is 0. The highest BCUT2D eigenvalue weighted by Crippen LogP contribution is 2.32. The third kappa shape index (κ3) is 3.97. The quantitative estimate of drug-likeness (QED) is 0.878. The summed E-state index contributed by atoms with van der Waals surface area (Å²) in [6, 6.07) is 12.5. The van der Waals surface area contributed by atoms with Gasteiger partial charge in [-0.2, -0.15) is 0 Å². The lowest BCUT2D eigenvalue weighted by molar-refractivity contribution is -0.118. The summed E-state index contributed by atoms with van der Waals surface area (Å²) < 4.78 is 16.5. The van der Waals surface area contributed by atoms with Crippen LogP contribution >= 0.6 is 0 Å². The van der Waals surface area contributed by atoms with E-state index in [1.54, 1.807) is 35.2 Å². The first kappa shape index (κ1) is 17.2. The SMILES string of the molecule is O=C(COc1cccc(N2CCCC2=O)c1)Nc1ccc2c(c1)OCCO2. The number of carbonyl (C=O) groups excluding carboxylic acids is 2. The molecule has 2 aromatic rings. The van der Waals surface area contributed by atoms with E-state index in [0.717, 1.165) is 12.1 Å². The van der Waals surface area contributed by atoms with Crippen molar-refractivity contribution in [1.82, 2.24) is 0 Å². The third-order valence-corrected chi connectivity index (χ3v) is 4.40. The fourth-order valence-corrected chi connectivity index (χ4v) is 3.13. The lowest BCUT2D eigenvalue weighted by Crippen LogP contribution is -2.24. The molecule has 4 rings (SSSR count). The molecule has 7 nitrogen and oxygen atoms in total. The summed E-state index contributed by atoms with van der Waals surface area (Å²) in [6.45, 7) is 1.59. The molecule has 2 aliphatic rings. The number of nitrogens with one attached hydrogen (secondary N) is 1. The highest BCUT2D eigenvalue weighted by Gasteiger charge is 2.22. The first-order chi connectivity index (χ1) is 13.2. The topological polar surface area (TPSA) is 77.1 Å². The maximum atomic E-state index is 12.2. The minimum atomic E-state index is -0.283. The fourth-order valence-electron chi connectivity index (χ4n) is 3.13. The Morgan fingerprint density at radius 3 is 2.78 bits per heavy atom. The Bertz CT molecular complexity index is 867. The predicted molar refractivity (Wildman–Crippen MR) is 99.6 cm³/mol. The van der Waals surface area contributed by atoms with Crippen LogP contribution in [0.15, 0.2) is 42.5 Å². The van der Waals surface area contributed by atoms with Gasteiger partial charge in [-0.15, -0.1) is 0 Å². The minimum Gasteiger partial charge on any atom is -0.486 e. The second-order valence-electron chi connectivity index (χ2n) is 6.34. The molecule has 0 saturated carbocycles. The van der Waals surface area contributed by atoms with Gasteiger partial charge in [0.25, 0.3) is 5.91 Å². The van der Waals surface area contributed by atoms with Gasteiger partial charge in [0.15, 0.2) is 18.1 Å². The Morgan fingerprint density at radius 1 is 1.11 bits per heavy atom. The van der Waals surface area contributed by atoms with Gasteiger partial charge < -0.3 is 24.4 Å². The summed E-state index contributed by atoms with van der Waals surface area (Å²) in [5, 5.41) is 2.78. The summed E-state index contributed by atoms with van der Waals surface area (Å²) in [5.41, 5.74) is 1.41. The third-order valence-electron chi connectivity index (χ3n) is 4.40. The van der Waals surface area contributed by atoms with Gasteiger partial charge in [-0.1, -0.05) is 6.07 Å². The summed E-state index contributed by atoms with van der Waals surface area (Å²) in [7, 11) is 0. The number of fused-ring (bicyclic) bond motifs is 1. The molecule has 1 fully saturated rings. The fraction of sp³-hybridized carbons (Fsp3) is 0.300. The maximum Gasteiger partial charge on any atom is 0.262 e. The number of hydrogen-bond acceptors (Lipinski definition) is 5. The summed E-state index contributed by atoms with van der Waals surface area (Å²) in [4.78, 5) is 25.8. The normalized spacial score (nSPS) is 15.6. The standard InChI is InChI=1S/C20H20N2O5/c23-19(21-14-6-7-17-18(11-14)26-10-9-25-17)13-27-16-4-1-3-15(12-16)22-8-2-5-20(22)24/h1,3-4,6-7,11-12H,2,5,8-10,13H2,(H,21,23). The van der Waals surface area contributed by atoms with Crippen molar-refractivity contribution in [2.24, 2.45) is 0 Å². The van der Waals surface area contributed by atoms with Crippen LogP contribution in [0.25, 0.3) is 0 Å². The number of carbonyl (C=O) groups is 2. The van der Waals surface area contributed by atoms with Crippen LogP contribution in [-0.2, 0) is 9.59 Å². The van der Waals surface area contributed by atoms with Crippen LogP contribution in [0.3, 0.4) is 0 Å². The molecule has 0 unspecified atom stereocenters. The lowest BCUT2D eigenvalue weighted by Gasteiger charge is -2.19. The smallest absolute Gasteiger partial charge is 0.262 e. The van der Waals surface area contributed by atoms with Crippen molar-refractivity contribution in [2.75, 3.05) is 36.6 Å². The van der Waals surface area contributed by atoms with E-state index in [-0.39, 0.29) is 18.4 Å². The molecule has 0 radical (unpaired) electrons. The molecule has 0 bridgehead atoms. The predicted octanol–water partition coefficient (Wildman–Crippen LogP) is 2.60. The number of amides is 2. The van der Waals surface area contributed by atoms with Crippen LogP contribution in [0.5, 0.6) is 17.2 Å². The number of hydrogen-bond donors (Lipinski definition) is 1. The molecule has 140 valence electrons. The molecule has 0 aromatic heterocycles. The van der Waals surface area contributed by atoms with E-state index >= 15 is 0 Å². The molecule has 27 heavy (non-hydrogen) atoms. The molecule has 1 saturated heterocycles. The van der Waals surface area contributed by atoms with Crippen molar-refractivity contribution >= 4 is 23.2 Å². The van der Waals surface area contributed by atoms with Crippen molar-refractivity contribution in [3.63, 3.8) is 0 Å². The molecule has 7 heteroatoms. The highest BCUT2D eigenvalue weighted by atomic mass is 16.6. The van der Waals surface area contributed by atoms with Gasteiger partial charge in [0.1, 0.15) is 19.0 Å². The van der Waals surface area contributed by atoms with Crippen LogP contribution in [0.2, 0.25) is 0 Å². The number of rotatable bonds is 5. The second-order valence-corrected chi connectivity index (χ2v) is 6.34. The van der Waals surface area contributed by atoms with Crippen molar-refractivity contribution < 1.29 is 23.8 Å². The Balaban J connectivity index is 1.35. The van der Waals surface area contributed by atoms with Crippen LogP contribution in [0, 0.1) is 0 Å². The van der Waals surface area contributed by atoms with Crippen molar-refractivity contribution in [3.05, 3.63) is 42.5 Å². The molecule has 2 heterocycles. The van der Waals surface area contributed by atoms with Gasteiger partial charge in [0.2, 0.25) is 5.91 Å². The van der Waals surface area contributed by atoms with E-state index in [1.807, 2.05) is 12.1 Å². The molecule has 1 N–H and O–H groups in total. The molecule has 0 aliphatic carbocycles. The van der Waals surface area contributed by atoms with Crippen LogP contribution < -0.4 is 24.4 Å². The molecular formula is C20H20N2O5. The highest BCUT2D eigenvalue weighted by molar-refractivity contribution is 5.95. The van der Waals surface area contributed by atoms with Gasteiger partial charge >= 0.3 is 0 Å². The minimum absolute atomic E-state index is 0.114. The van der Waals surface area contributed by atoms with E-state index in [9.17, 15) is 9.59 Å². The van der Waals surface area contributed by atoms with Gasteiger partial charge in [0.05, 0.1) is 0 Å². The van der Waals surface area contributed by atoms with Crippen molar-refractivity contribution in [3.8, 4) is 17.2 Å². The first-order valence-corrected chi connectivity index (χ1v) is 8.92. The van der Waals surface area contributed by atoms with Gasteiger partial charge in [-0.25, -0.2) is 0 Å². The summed E-state index contributed by atoms with van der Waals surface area (Å²) in [6.07, 6.45) is 1.44. The van der Waals surface area contributed by atoms with Crippen LogP contribution in [-0.4, -0.2) is 38.2 Å². The number of anilines is 2. The Labute approximate surface area is 156 Å². The molecule has 2 aliphatic heterocycles. The van der Waals surface area contributed by atoms with E-state index < -0.39 is 0 Å². The van der Waals surface area contributed by atoms with E-state index in [1.165, 1.54) is 0 Å². The van der Waals surface area contributed by atoms with Gasteiger partial charge in [0, 0.05) is 36.5 Å². The molecule has 0 spiro atoms. The largest absolute Gasteiger partial charge is 0.486 e.